The molecular weight excluding hydrogens is 1000 g/mol. The van der Waals surface area contributed by atoms with Crippen molar-refractivity contribution in [3.63, 3.8) is 0 Å². The fourth-order valence-electron chi connectivity index (χ4n) is 21.7. The van der Waals surface area contributed by atoms with Crippen molar-refractivity contribution in [2.24, 2.45) is 69.0 Å². The molecule has 9 nitrogen and oxygen atoms in total. The predicted molar refractivity (Wildman–Crippen MR) is 322 cm³/mol. The lowest BCUT2D eigenvalue weighted by molar-refractivity contribution is -0.229. The van der Waals surface area contributed by atoms with Crippen LogP contribution < -0.4 is 20.1 Å². The number of ether oxygens (including phenoxy) is 4. The fraction of sp³-hybridized carbons (Fsp3) is 0.806. The molecular formula is C72H108N2O7. The van der Waals surface area contributed by atoms with Gasteiger partial charge >= 0.3 is 0 Å². The number of rotatable bonds is 16. The van der Waals surface area contributed by atoms with Gasteiger partial charge in [-0.3, -0.25) is 9.59 Å². The summed E-state index contributed by atoms with van der Waals surface area (Å²) in [6.07, 6.45) is 36.9. The monoisotopic (exact) mass is 1110 g/mol. The van der Waals surface area contributed by atoms with Gasteiger partial charge in [0.25, 0.3) is 0 Å². The highest BCUT2D eigenvalue weighted by Crippen LogP contribution is 2.69. The molecule has 9 heteroatoms. The fourth-order valence-corrected chi connectivity index (χ4v) is 21.7. The topological polar surface area (TPSA) is 115 Å². The number of aliphatic hydroxyl groups is 1. The molecule has 1 heterocycles. The highest BCUT2D eigenvalue weighted by atomic mass is 16.7. The molecule has 0 radical (unpaired) electrons. The van der Waals surface area contributed by atoms with Gasteiger partial charge in [0.2, 0.25) is 0 Å². The lowest BCUT2D eigenvalue weighted by atomic mass is 9.44. The van der Waals surface area contributed by atoms with E-state index in [2.05, 4.69) is 86.9 Å². The van der Waals surface area contributed by atoms with E-state index in [1.165, 1.54) is 127 Å². The number of Topliss-reactive ketones (excluding diaryl/α,β-unsaturated/α-hetero) is 2. The number of hydrogen-bond acceptors (Lipinski definition) is 9. The summed E-state index contributed by atoms with van der Waals surface area (Å²) in [5.41, 5.74) is 3.22. The van der Waals surface area contributed by atoms with Crippen molar-refractivity contribution in [3.8, 4) is 11.5 Å². The van der Waals surface area contributed by atoms with E-state index in [1.807, 2.05) is 0 Å². The molecule has 0 amide bonds. The first-order chi connectivity index (χ1) is 39.4. The maximum Gasteiger partial charge on any atom is 0.168 e. The van der Waals surface area contributed by atoms with Gasteiger partial charge in [0.05, 0.1) is 32.5 Å². The Balaban J connectivity index is 0.000000161. The predicted octanol–water partition coefficient (Wildman–Crippen LogP) is 15.9. The van der Waals surface area contributed by atoms with Crippen LogP contribution in [-0.4, -0.2) is 67.1 Å². The SMILES string of the molecule is CCC(NC1CCCCC1)c1cccc(OCC[C@]23CCC4C(CCC5CC(=O)CC[C@@]54C)C2CC[C@@H]3O)c1.CCC(NC1CCCCC1)c1cccc(OCC[C@]23CCC4C(CCC5CC6(CC[C@@]54C)OCCO6)C2CCC3=O)c1. The third kappa shape index (κ3) is 11.6. The van der Waals surface area contributed by atoms with Gasteiger partial charge in [-0.25, -0.2) is 0 Å². The first kappa shape index (κ1) is 58.6. The number of benzene rings is 2. The quantitative estimate of drug-likeness (QED) is 0.151. The number of hydrogen-bond donors (Lipinski definition) is 3. The van der Waals surface area contributed by atoms with Gasteiger partial charge in [-0.15, -0.1) is 0 Å². The van der Waals surface area contributed by atoms with E-state index in [0.29, 0.717) is 95.3 Å². The van der Waals surface area contributed by atoms with Crippen LogP contribution in [-0.2, 0) is 19.1 Å². The molecule has 1 saturated heterocycles. The van der Waals surface area contributed by atoms with Crippen molar-refractivity contribution in [2.75, 3.05) is 26.4 Å². The smallest absolute Gasteiger partial charge is 0.168 e. The van der Waals surface area contributed by atoms with Gasteiger partial charge in [0.15, 0.2) is 5.79 Å². The Bertz CT molecular complexity index is 2440. The van der Waals surface area contributed by atoms with Gasteiger partial charge < -0.3 is 34.7 Å². The number of ketones is 2. The van der Waals surface area contributed by atoms with Gasteiger partial charge in [0, 0.05) is 67.1 Å². The summed E-state index contributed by atoms with van der Waals surface area (Å²) in [6.45, 7) is 12.5. The Labute approximate surface area is 489 Å². The lowest BCUT2D eigenvalue weighted by Crippen LogP contribution is -2.56. The molecule has 448 valence electrons. The standard InChI is InChI=1S/C37H55NO4.C35H53NO3/c1-3-33(38-28-9-5-4-6-10-28)26-8-7-11-29(24-26)40-21-20-36-17-16-31-30(32(36)14-15-34(36)39)13-12-27-25-37(41-22-23-42-37)19-18-35(27,31)2;1-3-32(36-26-9-5-4-6-10-26)24-8-7-11-28(22-24)39-21-20-35-19-17-30-29(31(35)14-15-33(35)38)13-12-25-23-27(37)16-18-34(25,30)2/h7-8,11,24,27-28,30-33,38H,3-6,9-10,12-23,25H2,1-2H3;7-8,11,22,25-26,29-33,36,38H,3-6,9-10,12-21,23H2,1-2H3/t27?,30?,31?,32?,33?,35-,36+;25?,29?,30?,31?,32?,33-,34-,35+/m00/s1. The highest BCUT2D eigenvalue weighted by Gasteiger charge is 2.64. The normalized spacial score (nSPS) is 39.0. The van der Waals surface area contributed by atoms with Crippen LogP contribution in [0.15, 0.2) is 48.5 Å². The molecule has 1 spiro atoms. The molecule has 2 aromatic carbocycles. The number of carbonyl (C=O) groups excluding carboxylic acids is 2. The van der Waals surface area contributed by atoms with Crippen molar-refractivity contribution < 1.29 is 33.6 Å². The molecule has 81 heavy (non-hydrogen) atoms. The molecule has 11 aliphatic rings. The van der Waals surface area contributed by atoms with Crippen molar-refractivity contribution in [1.29, 1.82) is 0 Å². The first-order valence-electron chi connectivity index (χ1n) is 34.4. The van der Waals surface area contributed by atoms with E-state index in [4.69, 9.17) is 18.9 Å². The summed E-state index contributed by atoms with van der Waals surface area (Å²) in [5, 5.41) is 19.3. The molecule has 1 aliphatic heterocycles. The number of fused-ring (bicyclic) bond motifs is 10. The molecule has 15 atom stereocenters. The molecule has 3 N–H and O–H groups in total. The molecule has 13 rings (SSSR count). The van der Waals surface area contributed by atoms with Gasteiger partial charge in [-0.05, 0) is 228 Å². The number of nitrogens with one attached hydrogen (secondary N) is 2. The average molecular weight is 1110 g/mol. The number of aliphatic hydroxyl groups excluding tert-OH is 1. The Hall–Kier alpha value is -2.82. The lowest BCUT2D eigenvalue weighted by Gasteiger charge is -2.61. The molecule has 0 bridgehead atoms. The maximum absolute atomic E-state index is 13.7. The zero-order valence-corrected chi connectivity index (χ0v) is 51.0. The second kappa shape index (κ2) is 24.9. The van der Waals surface area contributed by atoms with E-state index in [9.17, 15) is 14.7 Å². The summed E-state index contributed by atoms with van der Waals surface area (Å²) >= 11 is 0. The van der Waals surface area contributed by atoms with Gasteiger partial charge in [-0.2, -0.15) is 0 Å². The van der Waals surface area contributed by atoms with Crippen molar-refractivity contribution in [1.82, 2.24) is 10.6 Å². The summed E-state index contributed by atoms with van der Waals surface area (Å²) < 4.78 is 25.3. The van der Waals surface area contributed by atoms with Crippen LogP contribution >= 0.6 is 0 Å². The molecule has 10 saturated carbocycles. The Morgan fingerprint density at radius 3 is 1.79 bits per heavy atom. The molecule has 10 aliphatic carbocycles. The minimum atomic E-state index is -0.295. The van der Waals surface area contributed by atoms with Crippen LogP contribution in [0.2, 0.25) is 0 Å². The van der Waals surface area contributed by atoms with Crippen LogP contribution in [0.25, 0.3) is 0 Å². The molecule has 2 aromatic rings. The summed E-state index contributed by atoms with van der Waals surface area (Å²) in [6, 6.07) is 19.6. The minimum absolute atomic E-state index is 0.0148. The Kier molecular flexibility index (Phi) is 18.0. The van der Waals surface area contributed by atoms with Crippen LogP contribution in [0, 0.1) is 69.0 Å². The largest absolute Gasteiger partial charge is 0.494 e. The molecule has 11 fully saturated rings. The van der Waals surface area contributed by atoms with E-state index in [-0.39, 0.29) is 22.7 Å². The van der Waals surface area contributed by atoms with Gasteiger partial charge in [-0.1, -0.05) is 90.5 Å². The maximum atomic E-state index is 13.7. The Morgan fingerprint density at radius 2 is 1.16 bits per heavy atom. The van der Waals surface area contributed by atoms with Crippen LogP contribution in [0.3, 0.4) is 0 Å². The van der Waals surface area contributed by atoms with Crippen molar-refractivity contribution in [3.05, 3.63) is 59.7 Å². The van der Waals surface area contributed by atoms with E-state index in [0.717, 1.165) is 126 Å². The first-order valence-corrected chi connectivity index (χ1v) is 34.4. The number of carbonyl (C=O) groups is 2. The minimum Gasteiger partial charge on any atom is -0.494 e. The zero-order valence-electron chi connectivity index (χ0n) is 51.0. The zero-order chi connectivity index (χ0) is 55.8. The summed E-state index contributed by atoms with van der Waals surface area (Å²) in [4.78, 5) is 25.9. The second-order valence-electron chi connectivity index (χ2n) is 29.7. The molecule has 0 aromatic heterocycles. The Morgan fingerprint density at radius 1 is 0.580 bits per heavy atom. The van der Waals surface area contributed by atoms with Crippen molar-refractivity contribution >= 4 is 11.6 Å². The third-order valence-corrected chi connectivity index (χ3v) is 26.2. The van der Waals surface area contributed by atoms with E-state index >= 15 is 0 Å². The summed E-state index contributed by atoms with van der Waals surface area (Å²) in [7, 11) is 0. The van der Waals surface area contributed by atoms with Gasteiger partial charge in [0.1, 0.15) is 23.1 Å². The van der Waals surface area contributed by atoms with Crippen LogP contribution in [0.5, 0.6) is 11.5 Å². The molecule has 10 unspecified atom stereocenters. The summed E-state index contributed by atoms with van der Waals surface area (Å²) in [5.74, 6) is 7.96. The third-order valence-electron chi connectivity index (χ3n) is 26.2. The van der Waals surface area contributed by atoms with E-state index < -0.39 is 0 Å². The second-order valence-corrected chi connectivity index (χ2v) is 29.7. The van der Waals surface area contributed by atoms with Crippen molar-refractivity contribution in [2.45, 2.75) is 269 Å². The average Bonchev–Trinajstić information content (AvgIpc) is 4.25. The van der Waals surface area contributed by atoms with Crippen LogP contribution in [0.4, 0.5) is 0 Å². The highest BCUT2D eigenvalue weighted by molar-refractivity contribution is 5.87. The van der Waals surface area contributed by atoms with Crippen LogP contribution in [0.1, 0.15) is 256 Å². The van der Waals surface area contributed by atoms with E-state index in [1.54, 1.807) is 0 Å².